The lowest BCUT2D eigenvalue weighted by Crippen LogP contribution is -2.19. The number of nitrogens with zero attached hydrogens (tertiary/aromatic N) is 4. The van der Waals surface area contributed by atoms with Crippen molar-refractivity contribution in [1.29, 1.82) is 10.5 Å². The van der Waals surface area contributed by atoms with Crippen molar-refractivity contribution in [3.63, 3.8) is 0 Å². The summed E-state index contributed by atoms with van der Waals surface area (Å²) in [5.41, 5.74) is 2.94. The number of ether oxygens (including phenoxy) is 1. The number of pyridine rings is 2. The number of rotatable bonds is 8. The van der Waals surface area contributed by atoms with Crippen molar-refractivity contribution < 1.29 is 14.6 Å². The second-order valence-electron chi connectivity index (χ2n) is 6.46. The van der Waals surface area contributed by atoms with Gasteiger partial charge in [0.1, 0.15) is 35.2 Å². The SMILES string of the molecule is CNC(=O)c1cc(CSc2ncc(C#N)c(-c3ccc(OCCO)cc3)c2C#N)ccn1. The van der Waals surface area contributed by atoms with Crippen molar-refractivity contribution >= 4 is 17.7 Å². The Hall–Kier alpha value is -3.92. The molecule has 3 rings (SSSR count). The number of hydrogen-bond acceptors (Lipinski definition) is 8. The van der Waals surface area contributed by atoms with E-state index in [1.807, 2.05) is 0 Å². The normalized spacial score (nSPS) is 10.1. The molecule has 3 aromatic rings. The Bertz CT molecular complexity index is 1200. The van der Waals surface area contributed by atoms with Crippen LogP contribution in [0.2, 0.25) is 0 Å². The third kappa shape index (κ3) is 5.22. The second kappa shape index (κ2) is 10.9. The Labute approximate surface area is 189 Å². The number of thioether (sulfide) groups is 1. The summed E-state index contributed by atoms with van der Waals surface area (Å²) in [6.45, 7) is 0.0882. The average Bonchev–Trinajstić information content (AvgIpc) is 2.85. The summed E-state index contributed by atoms with van der Waals surface area (Å²) in [5, 5.41) is 31.4. The highest BCUT2D eigenvalue weighted by atomic mass is 32.2. The molecule has 160 valence electrons. The molecule has 2 aromatic heterocycles. The van der Waals surface area contributed by atoms with E-state index in [9.17, 15) is 15.3 Å². The molecule has 1 amide bonds. The van der Waals surface area contributed by atoms with E-state index in [0.29, 0.717) is 44.5 Å². The topological polar surface area (TPSA) is 132 Å². The monoisotopic (exact) mass is 445 g/mol. The molecule has 0 bridgehead atoms. The molecule has 1 aromatic carbocycles. The van der Waals surface area contributed by atoms with Crippen LogP contribution in [-0.4, -0.2) is 41.2 Å². The molecule has 8 nitrogen and oxygen atoms in total. The molecule has 0 atom stereocenters. The third-order valence-electron chi connectivity index (χ3n) is 4.44. The number of benzene rings is 1. The van der Waals surface area contributed by atoms with Crippen molar-refractivity contribution in [2.24, 2.45) is 0 Å². The smallest absolute Gasteiger partial charge is 0.269 e. The number of carbonyl (C=O) groups excluding carboxylic acids is 1. The van der Waals surface area contributed by atoms with Crippen LogP contribution in [-0.2, 0) is 5.75 Å². The molecule has 0 unspecified atom stereocenters. The van der Waals surface area contributed by atoms with E-state index in [0.717, 1.165) is 5.56 Å². The summed E-state index contributed by atoms with van der Waals surface area (Å²) in [4.78, 5) is 20.2. The number of hydrogen-bond donors (Lipinski definition) is 2. The van der Waals surface area contributed by atoms with E-state index in [-0.39, 0.29) is 19.1 Å². The zero-order valence-corrected chi connectivity index (χ0v) is 18.0. The summed E-state index contributed by atoms with van der Waals surface area (Å²) in [6.07, 6.45) is 3.01. The second-order valence-corrected chi connectivity index (χ2v) is 7.43. The van der Waals surface area contributed by atoms with Crippen LogP contribution >= 0.6 is 11.8 Å². The van der Waals surface area contributed by atoms with Crippen LogP contribution in [0.1, 0.15) is 27.2 Å². The van der Waals surface area contributed by atoms with Crippen molar-refractivity contribution in [3.8, 4) is 29.0 Å². The van der Waals surface area contributed by atoms with E-state index in [1.54, 1.807) is 42.6 Å². The molecule has 0 aliphatic carbocycles. The molecule has 2 N–H and O–H groups in total. The van der Waals surface area contributed by atoms with E-state index in [2.05, 4.69) is 27.4 Å². The van der Waals surface area contributed by atoms with Crippen LogP contribution in [0.15, 0.2) is 53.8 Å². The molecule has 0 aliphatic heterocycles. The summed E-state index contributed by atoms with van der Waals surface area (Å²) in [7, 11) is 1.54. The maximum absolute atomic E-state index is 11.8. The number of aliphatic hydroxyl groups is 1. The molecule has 9 heteroatoms. The first-order valence-corrected chi connectivity index (χ1v) is 10.6. The Morgan fingerprint density at radius 1 is 1.19 bits per heavy atom. The highest BCUT2D eigenvalue weighted by molar-refractivity contribution is 7.98. The summed E-state index contributed by atoms with van der Waals surface area (Å²) in [6, 6.07) is 14.7. The van der Waals surface area contributed by atoms with Gasteiger partial charge in [-0.3, -0.25) is 9.78 Å². The van der Waals surface area contributed by atoms with Crippen LogP contribution in [0, 0.1) is 22.7 Å². The molecule has 0 saturated heterocycles. The fraction of sp³-hybridized carbons (Fsp3) is 0.174. The van der Waals surface area contributed by atoms with Crippen molar-refractivity contribution in [1.82, 2.24) is 15.3 Å². The van der Waals surface area contributed by atoms with Gasteiger partial charge in [0.05, 0.1) is 17.7 Å². The minimum absolute atomic E-state index is 0.0913. The van der Waals surface area contributed by atoms with Gasteiger partial charge in [-0.25, -0.2) is 4.98 Å². The van der Waals surface area contributed by atoms with Gasteiger partial charge < -0.3 is 15.2 Å². The molecule has 0 saturated carbocycles. The van der Waals surface area contributed by atoms with Gasteiger partial charge in [0, 0.05) is 30.8 Å². The Morgan fingerprint density at radius 2 is 1.97 bits per heavy atom. The standard InChI is InChI=1S/C23H19N5O3S/c1-26-22(30)20-10-15(6-7-27-20)14-32-23-19(12-25)21(17(11-24)13-28-23)16-2-4-18(5-3-16)31-9-8-29/h2-7,10,13,29H,8-9,14H2,1H3,(H,26,30). The molecule has 0 spiro atoms. The lowest BCUT2D eigenvalue weighted by Gasteiger charge is -2.12. The summed E-state index contributed by atoms with van der Waals surface area (Å²) < 4.78 is 5.37. The van der Waals surface area contributed by atoms with Crippen LogP contribution in [0.25, 0.3) is 11.1 Å². The zero-order valence-electron chi connectivity index (χ0n) is 17.2. The van der Waals surface area contributed by atoms with Gasteiger partial charge in [-0.1, -0.05) is 12.1 Å². The van der Waals surface area contributed by atoms with Gasteiger partial charge in [0.25, 0.3) is 5.91 Å². The molecule has 2 heterocycles. The minimum Gasteiger partial charge on any atom is -0.491 e. The van der Waals surface area contributed by atoms with Crippen molar-refractivity contribution in [2.75, 3.05) is 20.3 Å². The van der Waals surface area contributed by atoms with Gasteiger partial charge in [-0.05, 0) is 35.4 Å². The van der Waals surface area contributed by atoms with Crippen LogP contribution in [0.3, 0.4) is 0 Å². The van der Waals surface area contributed by atoms with Gasteiger partial charge in [0.15, 0.2) is 0 Å². The van der Waals surface area contributed by atoms with E-state index in [4.69, 9.17) is 9.84 Å². The number of carbonyl (C=O) groups is 1. The van der Waals surface area contributed by atoms with Gasteiger partial charge in [-0.15, -0.1) is 11.8 Å². The van der Waals surface area contributed by atoms with E-state index in [1.165, 1.54) is 25.0 Å². The van der Waals surface area contributed by atoms with Gasteiger partial charge in [-0.2, -0.15) is 10.5 Å². The van der Waals surface area contributed by atoms with Crippen LogP contribution in [0.4, 0.5) is 0 Å². The molecule has 0 radical (unpaired) electrons. The van der Waals surface area contributed by atoms with Crippen molar-refractivity contribution in [3.05, 3.63) is 71.2 Å². The third-order valence-corrected chi connectivity index (χ3v) is 5.50. The Kier molecular flexibility index (Phi) is 7.76. The largest absolute Gasteiger partial charge is 0.491 e. The fourth-order valence-electron chi connectivity index (χ4n) is 2.94. The van der Waals surface area contributed by atoms with E-state index >= 15 is 0 Å². The lowest BCUT2D eigenvalue weighted by molar-refractivity contribution is 0.0958. The predicted octanol–water partition coefficient (Wildman–Crippen LogP) is 2.91. The molecule has 0 aliphatic rings. The minimum atomic E-state index is -0.278. The number of nitrogens with one attached hydrogen (secondary N) is 1. The number of nitriles is 2. The fourth-order valence-corrected chi connectivity index (χ4v) is 3.84. The maximum Gasteiger partial charge on any atom is 0.269 e. The number of aliphatic hydroxyl groups excluding tert-OH is 1. The summed E-state index contributed by atoms with van der Waals surface area (Å²) >= 11 is 1.34. The Balaban J connectivity index is 1.91. The predicted molar refractivity (Wildman–Crippen MR) is 119 cm³/mol. The highest BCUT2D eigenvalue weighted by Gasteiger charge is 2.17. The molecule has 32 heavy (non-hydrogen) atoms. The summed E-state index contributed by atoms with van der Waals surface area (Å²) in [5.74, 6) is 0.765. The van der Waals surface area contributed by atoms with Crippen LogP contribution in [0.5, 0.6) is 5.75 Å². The lowest BCUT2D eigenvalue weighted by atomic mass is 9.98. The number of amides is 1. The average molecular weight is 446 g/mol. The number of aromatic nitrogens is 2. The molecule has 0 fully saturated rings. The molecular formula is C23H19N5O3S. The first kappa shape index (κ1) is 22.8. The highest BCUT2D eigenvalue weighted by Crippen LogP contribution is 2.34. The quantitative estimate of drug-likeness (QED) is 0.506. The van der Waals surface area contributed by atoms with Gasteiger partial charge in [0.2, 0.25) is 0 Å². The van der Waals surface area contributed by atoms with Crippen LogP contribution < -0.4 is 10.1 Å². The van der Waals surface area contributed by atoms with Crippen molar-refractivity contribution in [2.45, 2.75) is 10.8 Å². The van der Waals surface area contributed by atoms with E-state index < -0.39 is 0 Å². The zero-order chi connectivity index (χ0) is 22.9. The molecular weight excluding hydrogens is 426 g/mol. The van der Waals surface area contributed by atoms with Gasteiger partial charge >= 0.3 is 0 Å². The first-order chi connectivity index (χ1) is 15.6. The Morgan fingerprint density at radius 3 is 2.62 bits per heavy atom. The first-order valence-electron chi connectivity index (χ1n) is 9.58. The maximum atomic E-state index is 11.8.